The first-order valence-electron chi connectivity index (χ1n) is 5.20. The lowest BCUT2D eigenvalue weighted by molar-refractivity contribution is 0.172. The van der Waals surface area contributed by atoms with Crippen molar-refractivity contribution in [2.45, 2.75) is 6.92 Å². The van der Waals surface area contributed by atoms with Gasteiger partial charge in [-0.1, -0.05) is 0 Å². The number of anilines is 1. The highest BCUT2D eigenvalue weighted by molar-refractivity contribution is 5.87. The van der Waals surface area contributed by atoms with Crippen LogP contribution >= 0.6 is 0 Å². The minimum Gasteiger partial charge on any atom is -0.486 e. The fourth-order valence-electron chi connectivity index (χ4n) is 1.96. The van der Waals surface area contributed by atoms with E-state index in [1.165, 1.54) is 0 Å². The standard InChI is InChI=1S/C12H12N2O2/c1-7-4-12(13)14-9-6-11-10(5-8(7)9)15-2-3-16-11/h4-6H,2-3H2,1H3,(H2,13,14). The fourth-order valence-corrected chi connectivity index (χ4v) is 1.96. The van der Waals surface area contributed by atoms with Crippen molar-refractivity contribution < 1.29 is 9.47 Å². The molecule has 3 rings (SSSR count). The Morgan fingerprint density at radius 2 is 1.81 bits per heavy atom. The Labute approximate surface area is 93.0 Å². The Balaban J connectivity index is 2.31. The molecule has 82 valence electrons. The third-order valence-corrected chi connectivity index (χ3v) is 2.70. The Morgan fingerprint density at radius 3 is 2.56 bits per heavy atom. The maximum atomic E-state index is 5.72. The topological polar surface area (TPSA) is 57.4 Å². The third-order valence-electron chi connectivity index (χ3n) is 2.70. The van der Waals surface area contributed by atoms with Gasteiger partial charge in [-0.05, 0) is 24.6 Å². The normalized spacial score (nSPS) is 14.1. The quantitative estimate of drug-likeness (QED) is 0.730. The van der Waals surface area contributed by atoms with Gasteiger partial charge in [0, 0.05) is 11.5 Å². The monoisotopic (exact) mass is 216 g/mol. The second kappa shape index (κ2) is 3.27. The lowest BCUT2D eigenvalue weighted by Crippen LogP contribution is -2.15. The van der Waals surface area contributed by atoms with Crippen LogP contribution in [0, 0.1) is 6.92 Å². The van der Waals surface area contributed by atoms with Crippen molar-refractivity contribution in [1.29, 1.82) is 0 Å². The van der Waals surface area contributed by atoms with Crippen molar-refractivity contribution in [3.63, 3.8) is 0 Å². The van der Waals surface area contributed by atoms with Crippen LogP contribution in [0.2, 0.25) is 0 Å². The second-order valence-electron chi connectivity index (χ2n) is 3.88. The van der Waals surface area contributed by atoms with E-state index in [0.717, 1.165) is 28.0 Å². The molecule has 0 saturated carbocycles. The lowest BCUT2D eigenvalue weighted by atomic mass is 10.1. The SMILES string of the molecule is Cc1cc(N)nc2cc3c(cc12)OCCO3. The van der Waals surface area contributed by atoms with Gasteiger partial charge in [0.05, 0.1) is 5.52 Å². The molecular weight excluding hydrogens is 204 g/mol. The van der Waals surface area contributed by atoms with Crippen molar-refractivity contribution in [2.75, 3.05) is 18.9 Å². The van der Waals surface area contributed by atoms with Gasteiger partial charge in [-0.25, -0.2) is 4.98 Å². The zero-order valence-electron chi connectivity index (χ0n) is 8.99. The molecule has 0 spiro atoms. The molecule has 0 fully saturated rings. The molecule has 0 bridgehead atoms. The van der Waals surface area contributed by atoms with E-state index >= 15 is 0 Å². The van der Waals surface area contributed by atoms with Crippen LogP contribution in [0.25, 0.3) is 10.9 Å². The molecule has 2 heterocycles. The first kappa shape index (κ1) is 9.27. The minimum atomic E-state index is 0.529. The van der Waals surface area contributed by atoms with Crippen molar-refractivity contribution in [2.24, 2.45) is 0 Å². The number of rotatable bonds is 0. The predicted molar refractivity (Wildman–Crippen MR) is 61.9 cm³/mol. The molecule has 1 aromatic heterocycles. The predicted octanol–water partition coefficient (Wildman–Crippen LogP) is 1.90. The Morgan fingerprint density at radius 1 is 1.12 bits per heavy atom. The molecule has 1 aliphatic rings. The molecule has 2 N–H and O–H groups in total. The van der Waals surface area contributed by atoms with Gasteiger partial charge in [0.15, 0.2) is 11.5 Å². The summed E-state index contributed by atoms with van der Waals surface area (Å²) in [5.74, 6) is 2.06. The van der Waals surface area contributed by atoms with Crippen molar-refractivity contribution in [3.05, 3.63) is 23.8 Å². The number of aryl methyl sites for hydroxylation is 1. The van der Waals surface area contributed by atoms with E-state index in [1.807, 2.05) is 25.1 Å². The molecule has 1 aromatic carbocycles. The van der Waals surface area contributed by atoms with E-state index in [2.05, 4.69) is 4.98 Å². The molecule has 2 aromatic rings. The first-order valence-corrected chi connectivity index (χ1v) is 5.20. The van der Waals surface area contributed by atoms with Gasteiger partial charge in [0.1, 0.15) is 19.0 Å². The van der Waals surface area contributed by atoms with Crippen LogP contribution in [0.1, 0.15) is 5.56 Å². The molecule has 0 radical (unpaired) electrons. The van der Waals surface area contributed by atoms with E-state index < -0.39 is 0 Å². The number of nitrogen functional groups attached to an aromatic ring is 1. The molecule has 0 aliphatic carbocycles. The highest BCUT2D eigenvalue weighted by Gasteiger charge is 2.14. The number of aromatic nitrogens is 1. The van der Waals surface area contributed by atoms with Gasteiger partial charge in [-0.15, -0.1) is 0 Å². The van der Waals surface area contributed by atoms with Gasteiger partial charge < -0.3 is 15.2 Å². The Bertz CT molecular complexity index is 566. The highest BCUT2D eigenvalue weighted by atomic mass is 16.6. The fraction of sp³-hybridized carbons (Fsp3) is 0.250. The molecule has 0 saturated heterocycles. The van der Waals surface area contributed by atoms with Crippen LogP contribution in [-0.4, -0.2) is 18.2 Å². The number of benzene rings is 1. The van der Waals surface area contributed by atoms with Crippen molar-refractivity contribution in [1.82, 2.24) is 4.98 Å². The summed E-state index contributed by atoms with van der Waals surface area (Å²) < 4.78 is 11.0. The maximum absolute atomic E-state index is 5.72. The molecule has 0 unspecified atom stereocenters. The molecule has 1 aliphatic heterocycles. The summed E-state index contributed by atoms with van der Waals surface area (Å²) in [6, 6.07) is 5.71. The average Bonchev–Trinajstić information content (AvgIpc) is 2.27. The summed E-state index contributed by atoms with van der Waals surface area (Å²) in [7, 11) is 0. The lowest BCUT2D eigenvalue weighted by Gasteiger charge is -2.19. The van der Waals surface area contributed by atoms with Gasteiger partial charge in [0.2, 0.25) is 0 Å². The van der Waals surface area contributed by atoms with Gasteiger partial charge in [-0.2, -0.15) is 0 Å². The molecule has 4 heteroatoms. The largest absolute Gasteiger partial charge is 0.486 e. The zero-order valence-corrected chi connectivity index (χ0v) is 8.99. The van der Waals surface area contributed by atoms with E-state index in [1.54, 1.807) is 0 Å². The van der Waals surface area contributed by atoms with E-state index in [4.69, 9.17) is 15.2 Å². The van der Waals surface area contributed by atoms with Crippen LogP contribution < -0.4 is 15.2 Å². The smallest absolute Gasteiger partial charge is 0.163 e. The van der Waals surface area contributed by atoms with Gasteiger partial charge >= 0.3 is 0 Å². The Hall–Kier alpha value is -1.97. The van der Waals surface area contributed by atoms with Crippen LogP contribution in [0.3, 0.4) is 0 Å². The minimum absolute atomic E-state index is 0.529. The third kappa shape index (κ3) is 1.34. The second-order valence-corrected chi connectivity index (χ2v) is 3.88. The zero-order chi connectivity index (χ0) is 11.1. The van der Waals surface area contributed by atoms with Crippen LogP contribution in [-0.2, 0) is 0 Å². The summed E-state index contributed by atoms with van der Waals surface area (Å²) >= 11 is 0. The van der Waals surface area contributed by atoms with Crippen LogP contribution in [0.15, 0.2) is 18.2 Å². The van der Waals surface area contributed by atoms with Crippen LogP contribution in [0.4, 0.5) is 5.82 Å². The van der Waals surface area contributed by atoms with Crippen molar-refractivity contribution in [3.8, 4) is 11.5 Å². The number of hydrogen-bond donors (Lipinski definition) is 1. The van der Waals surface area contributed by atoms with Gasteiger partial charge in [-0.3, -0.25) is 0 Å². The van der Waals surface area contributed by atoms with Crippen LogP contribution in [0.5, 0.6) is 11.5 Å². The van der Waals surface area contributed by atoms with E-state index in [0.29, 0.717) is 19.0 Å². The number of nitrogens with zero attached hydrogens (tertiary/aromatic N) is 1. The van der Waals surface area contributed by atoms with E-state index in [-0.39, 0.29) is 0 Å². The average molecular weight is 216 g/mol. The van der Waals surface area contributed by atoms with E-state index in [9.17, 15) is 0 Å². The summed E-state index contributed by atoms with van der Waals surface area (Å²) in [4.78, 5) is 4.29. The molecule has 0 atom stereocenters. The van der Waals surface area contributed by atoms with Gasteiger partial charge in [0.25, 0.3) is 0 Å². The Kier molecular flexibility index (Phi) is 1.89. The summed E-state index contributed by atoms with van der Waals surface area (Å²) in [6.07, 6.45) is 0. The maximum Gasteiger partial charge on any atom is 0.163 e. The number of hydrogen-bond acceptors (Lipinski definition) is 4. The summed E-state index contributed by atoms with van der Waals surface area (Å²) in [5.41, 5.74) is 7.66. The summed E-state index contributed by atoms with van der Waals surface area (Å²) in [6.45, 7) is 3.19. The highest BCUT2D eigenvalue weighted by Crippen LogP contribution is 2.35. The first-order chi connectivity index (χ1) is 7.74. The number of ether oxygens (including phenoxy) is 2. The summed E-state index contributed by atoms with van der Waals surface area (Å²) in [5, 5.41) is 1.05. The van der Waals surface area contributed by atoms with Crippen molar-refractivity contribution >= 4 is 16.7 Å². The molecule has 4 nitrogen and oxygen atoms in total. The number of pyridine rings is 1. The molecule has 0 amide bonds. The molecule has 16 heavy (non-hydrogen) atoms. The number of fused-ring (bicyclic) bond motifs is 2. The molecular formula is C12H12N2O2. The number of nitrogens with two attached hydrogens (primary N) is 1.